The molecule has 0 unspecified atom stereocenters. The highest BCUT2D eigenvalue weighted by molar-refractivity contribution is 5.77. The number of fused-ring (bicyclic) bond motifs is 1. The van der Waals surface area contributed by atoms with E-state index in [2.05, 4.69) is 5.10 Å². The van der Waals surface area contributed by atoms with E-state index in [1.807, 2.05) is 24.6 Å². The van der Waals surface area contributed by atoms with Crippen molar-refractivity contribution in [1.82, 2.24) is 14.3 Å². The molecule has 0 radical (unpaired) electrons. The van der Waals surface area contributed by atoms with E-state index in [1.165, 1.54) is 4.57 Å². The fraction of sp³-hybridized carbons (Fsp3) is 0.267. The van der Waals surface area contributed by atoms with Gasteiger partial charge in [0, 0.05) is 6.54 Å². The van der Waals surface area contributed by atoms with Gasteiger partial charge in [0.1, 0.15) is 0 Å². The molecular formula is C15H15N3O3. The summed E-state index contributed by atoms with van der Waals surface area (Å²) in [7, 11) is 0. The molecule has 3 rings (SSSR count). The predicted octanol–water partition coefficient (Wildman–Crippen LogP) is 1.53. The largest absolute Gasteiger partial charge is 0.422 e. The third-order valence-electron chi connectivity index (χ3n) is 3.42. The van der Waals surface area contributed by atoms with Crippen molar-refractivity contribution in [3.63, 3.8) is 0 Å². The Morgan fingerprint density at radius 3 is 2.76 bits per heavy atom. The summed E-state index contributed by atoms with van der Waals surface area (Å²) < 4.78 is 8.09. The van der Waals surface area contributed by atoms with E-state index in [9.17, 15) is 9.59 Å². The zero-order valence-electron chi connectivity index (χ0n) is 11.9. The molecule has 2 heterocycles. The van der Waals surface area contributed by atoms with E-state index in [1.54, 1.807) is 24.3 Å². The lowest BCUT2D eigenvalue weighted by Gasteiger charge is -2.09. The van der Waals surface area contributed by atoms with Gasteiger partial charge in [0.25, 0.3) is 0 Å². The van der Waals surface area contributed by atoms with E-state index >= 15 is 0 Å². The van der Waals surface area contributed by atoms with Crippen LogP contribution in [0.2, 0.25) is 0 Å². The molecule has 1 aromatic carbocycles. The van der Waals surface area contributed by atoms with Gasteiger partial charge in [0.2, 0.25) is 0 Å². The zero-order chi connectivity index (χ0) is 15.0. The van der Waals surface area contributed by atoms with E-state index in [-0.39, 0.29) is 0 Å². The van der Waals surface area contributed by atoms with Crippen LogP contribution in [0.25, 0.3) is 10.9 Å². The second-order valence-corrected chi connectivity index (χ2v) is 4.85. The van der Waals surface area contributed by atoms with Gasteiger partial charge in [0.15, 0.2) is 0 Å². The van der Waals surface area contributed by atoms with Gasteiger partial charge in [-0.05, 0) is 32.0 Å². The molecule has 0 aliphatic carbocycles. The molecule has 0 atom stereocenters. The summed E-state index contributed by atoms with van der Waals surface area (Å²) in [4.78, 5) is 23.8. The van der Waals surface area contributed by atoms with E-state index in [4.69, 9.17) is 4.42 Å². The van der Waals surface area contributed by atoms with Gasteiger partial charge in [-0.1, -0.05) is 12.1 Å². The summed E-state index contributed by atoms with van der Waals surface area (Å²) in [5.41, 5.74) is 1.75. The molecule has 21 heavy (non-hydrogen) atoms. The maximum atomic E-state index is 12.0. The van der Waals surface area contributed by atoms with Gasteiger partial charge < -0.3 is 4.42 Å². The molecule has 0 bridgehead atoms. The molecule has 0 spiro atoms. The minimum atomic E-state index is -0.653. The first-order valence-electron chi connectivity index (χ1n) is 6.76. The van der Waals surface area contributed by atoms with Crippen molar-refractivity contribution in [1.29, 1.82) is 0 Å². The van der Waals surface area contributed by atoms with E-state index in [0.29, 0.717) is 24.0 Å². The highest BCUT2D eigenvalue weighted by Crippen LogP contribution is 2.11. The molecule has 108 valence electrons. The molecule has 0 aliphatic rings. The molecular weight excluding hydrogens is 270 g/mol. The summed E-state index contributed by atoms with van der Waals surface area (Å²) in [5.74, 6) is -0.653. The standard InChI is InChI=1S/C15H15N3O3/c1-3-18-11(8-10(2)16-18)9-17-13-7-5-4-6-12(13)14(19)21-15(17)20/h4-8H,3,9H2,1-2H3. The summed E-state index contributed by atoms with van der Waals surface area (Å²) in [6, 6.07) is 8.86. The van der Waals surface area contributed by atoms with Crippen LogP contribution >= 0.6 is 0 Å². The van der Waals surface area contributed by atoms with Crippen LogP contribution in [-0.4, -0.2) is 14.3 Å². The van der Waals surface area contributed by atoms with Gasteiger partial charge in [-0.15, -0.1) is 0 Å². The van der Waals surface area contributed by atoms with Crippen LogP contribution < -0.4 is 11.4 Å². The quantitative estimate of drug-likeness (QED) is 0.731. The minimum absolute atomic E-state index is 0.317. The number of rotatable bonds is 3. The van der Waals surface area contributed by atoms with Crippen LogP contribution in [0.5, 0.6) is 0 Å². The lowest BCUT2D eigenvalue weighted by molar-refractivity contribution is 0.420. The molecule has 0 aliphatic heterocycles. The number of hydrogen-bond acceptors (Lipinski definition) is 4. The second kappa shape index (κ2) is 5.05. The molecule has 0 saturated carbocycles. The first-order chi connectivity index (χ1) is 10.1. The fourth-order valence-corrected chi connectivity index (χ4v) is 2.48. The Hall–Kier alpha value is -2.63. The average molecular weight is 285 g/mol. The minimum Gasteiger partial charge on any atom is -0.372 e. The third-order valence-corrected chi connectivity index (χ3v) is 3.42. The molecule has 2 aromatic heterocycles. The lowest BCUT2D eigenvalue weighted by atomic mass is 10.2. The Morgan fingerprint density at radius 2 is 2.00 bits per heavy atom. The van der Waals surface area contributed by atoms with Crippen LogP contribution in [0.15, 0.2) is 44.3 Å². The Bertz CT molecular complexity index is 918. The van der Waals surface area contributed by atoms with E-state index in [0.717, 1.165) is 11.4 Å². The Labute approximate surface area is 120 Å². The van der Waals surface area contributed by atoms with Gasteiger partial charge in [-0.3, -0.25) is 9.25 Å². The Morgan fingerprint density at radius 1 is 1.24 bits per heavy atom. The molecule has 3 aromatic rings. The lowest BCUT2D eigenvalue weighted by Crippen LogP contribution is -2.26. The summed E-state index contributed by atoms with van der Waals surface area (Å²) >= 11 is 0. The first kappa shape index (κ1) is 13.4. The van der Waals surface area contributed by atoms with Crippen LogP contribution in [0.1, 0.15) is 18.3 Å². The SMILES string of the molecule is CCn1nc(C)cc1Cn1c(=O)oc(=O)c2ccccc21. The molecule has 0 N–H and O–H groups in total. The molecule has 0 saturated heterocycles. The molecule has 6 nitrogen and oxygen atoms in total. The maximum Gasteiger partial charge on any atom is 0.422 e. The Balaban J connectivity index is 2.21. The summed E-state index contributed by atoms with van der Waals surface area (Å²) in [5, 5.41) is 4.76. The van der Waals surface area contributed by atoms with Crippen LogP contribution in [0.4, 0.5) is 0 Å². The van der Waals surface area contributed by atoms with Crippen LogP contribution in [0.3, 0.4) is 0 Å². The Kier molecular flexibility index (Phi) is 3.21. The van der Waals surface area contributed by atoms with Gasteiger partial charge in [0.05, 0.1) is 28.8 Å². The third kappa shape index (κ3) is 2.29. The van der Waals surface area contributed by atoms with Crippen molar-refractivity contribution in [2.24, 2.45) is 0 Å². The smallest absolute Gasteiger partial charge is 0.372 e. The number of nitrogens with zero attached hydrogens (tertiary/aromatic N) is 3. The van der Waals surface area contributed by atoms with Crippen molar-refractivity contribution in [3.05, 3.63) is 62.7 Å². The van der Waals surface area contributed by atoms with Gasteiger partial charge in [-0.25, -0.2) is 9.59 Å². The number of aromatic nitrogens is 3. The number of para-hydroxylation sites is 1. The number of aryl methyl sites for hydroxylation is 2. The van der Waals surface area contributed by atoms with Crippen molar-refractivity contribution in [3.8, 4) is 0 Å². The zero-order valence-corrected chi connectivity index (χ0v) is 11.9. The topological polar surface area (TPSA) is 70.0 Å². The van der Waals surface area contributed by atoms with Crippen LogP contribution in [-0.2, 0) is 13.1 Å². The normalized spacial score (nSPS) is 11.1. The highest BCUT2D eigenvalue weighted by atomic mass is 16.4. The van der Waals surface area contributed by atoms with Crippen molar-refractivity contribution in [2.45, 2.75) is 26.9 Å². The van der Waals surface area contributed by atoms with Crippen molar-refractivity contribution < 1.29 is 4.42 Å². The van der Waals surface area contributed by atoms with Crippen molar-refractivity contribution >= 4 is 10.9 Å². The summed E-state index contributed by atoms with van der Waals surface area (Å²) in [6.07, 6.45) is 0. The first-order valence-corrected chi connectivity index (χ1v) is 6.76. The highest BCUT2D eigenvalue weighted by Gasteiger charge is 2.12. The van der Waals surface area contributed by atoms with Crippen LogP contribution in [0, 0.1) is 6.92 Å². The fourth-order valence-electron chi connectivity index (χ4n) is 2.48. The second-order valence-electron chi connectivity index (χ2n) is 4.85. The number of benzene rings is 1. The molecule has 6 heteroatoms. The monoisotopic (exact) mass is 285 g/mol. The molecule has 0 fully saturated rings. The molecule has 0 amide bonds. The van der Waals surface area contributed by atoms with Gasteiger partial charge in [-0.2, -0.15) is 5.10 Å². The van der Waals surface area contributed by atoms with E-state index < -0.39 is 11.4 Å². The summed E-state index contributed by atoms with van der Waals surface area (Å²) in [6.45, 7) is 4.92. The number of hydrogen-bond donors (Lipinski definition) is 0. The van der Waals surface area contributed by atoms with Crippen molar-refractivity contribution in [2.75, 3.05) is 0 Å². The van der Waals surface area contributed by atoms with Gasteiger partial charge >= 0.3 is 11.4 Å². The average Bonchev–Trinajstić information content (AvgIpc) is 2.83. The predicted molar refractivity (Wildman–Crippen MR) is 78.5 cm³/mol. The maximum absolute atomic E-state index is 12.0.